The lowest BCUT2D eigenvalue weighted by molar-refractivity contribution is 0.0944. The van der Waals surface area contributed by atoms with Gasteiger partial charge < -0.3 is 15.6 Å². The number of aromatic nitrogens is 2. The second kappa shape index (κ2) is 6.21. The fourth-order valence-electron chi connectivity index (χ4n) is 2.20. The van der Waals surface area contributed by atoms with E-state index < -0.39 is 0 Å². The van der Waals surface area contributed by atoms with E-state index in [0.717, 1.165) is 0 Å². The molecule has 2 amide bonds. The average molecular weight is 328 g/mol. The zero-order chi connectivity index (χ0) is 16.4. The highest BCUT2D eigenvalue weighted by atomic mass is 32.1. The molecule has 0 spiro atoms. The lowest BCUT2D eigenvalue weighted by atomic mass is 10.2. The number of amides is 2. The fraction of sp³-hybridized carbons (Fsp3) is 0.188. The Hall–Kier alpha value is -2.67. The standard InChI is InChI=1S/C16H16N4O2S/c1-9(2)19-15(21)12-8-18-14-11(12)6-10(7-17-14)20-16(22)13-4-3-5-23-13/h3-9H,1-2H3,(H,17,18)(H,19,21)(H,20,22). The summed E-state index contributed by atoms with van der Waals surface area (Å²) in [7, 11) is 0. The van der Waals surface area contributed by atoms with E-state index in [1.807, 2.05) is 25.3 Å². The molecule has 3 heterocycles. The minimum absolute atomic E-state index is 0.0436. The van der Waals surface area contributed by atoms with Gasteiger partial charge in [0, 0.05) is 17.6 Å². The summed E-state index contributed by atoms with van der Waals surface area (Å²) in [6.45, 7) is 3.80. The fourth-order valence-corrected chi connectivity index (χ4v) is 2.82. The molecule has 0 aromatic carbocycles. The Morgan fingerprint density at radius 1 is 1.30 bits per heavy atom. The zero-order valence-corrected chi connectivity index (χ0v) is 13.5. The van der Waals surface area contributed by atoms with E-state index in [1.165, 1.54) is 11.3 Å². The third-order valence-corrected chi connectivity index (χ3v) is 4.07. The van der Waals surface area contributed by atoms with E-state index in [-0.39, 0.29) is 17.9 Å². The van der Waals surface area contributed by atoms with Gasteiger partial charge in [0.2, 0.25) is 0 Å². The number of carbonyl (C=O) groups is 2. The quantitative estimate of drug-likeness (QED) is 0.688. The molecule has 6 nitrogen and oxygen atoms in total. The summed E-state index contributed by atoms with van der Waals surface area (Å²) in [4.78, 5) is 32.1. The van der Waals surface area contributed by atoms with E-state index in [1.54, 1.807) is 24.5 Å². The summed E-state index contributed by atoms with van der Waals surface area (Å²) in [5, 5.41) is 8.16. The van der Waals surface area contributed by atoms with Crippen molar-refractivity contribution in [2.24, 2.45) is 0 Å². The minimum atomic E-state index is -0.190. The van der Waals surface area contributed by atoms with Crippen molar-refractivity contribution in [2.45, 2.75) is 19.9 Å². The van der Waals surface area contributed by atoms with Crippen LogP contribution < -0.4 is 10.6 Å². The van der Waals surface area contributed by atoms with Gasteiger partial charge >= 0.3 is 0 Å². The number of hydrogen-bond donors (Lipinski definition) is 3. The van der Waals surface area contributed by atoms with Crippen LogP contribution in [0.4, 0.5) is 5.69 Å². The second-order valence-electron chi connectivity index (χ2n) is 5.38. The number of H-pyrrole nitrogens is 1. The van der Waals surface area contributed by atoms with Gasteiger partial charge in [-0.2, -0.15) is 0 Å². The number of nitrogens with one attached hydrogen (secondary N) is 3. The van der Waals surface area contributed by atoms with Gasteiger partial charge in [0.1, 0.15) is 5.65 Å². The van der Waals surface area contributed by atoms with E-state index >= 15 is 0 Å². The minimum Gasteiger partial charge on any atom is -0.350 e. The molecule has 0 aliphatic heterocycles. The molecule has 0 saturated carbocycles. The molecule has 0 aliphatic carbocycles. The normalized spacial score (nSPS) is 10.9. The first-order valence-corrected chi connectivity index (χ1v) is 8.05. The molecule has 3 aromatic heterocycles. The first-order chi connectivity index (χ1) is 11.0. The largest absolute Gasteiger partial charge is 0.350 e. The molecule has 118 valence electrons. The summed E-state index contributed by atoms with van der Waals surface area (Å²) >= 11 is 1.37. The molecule has 0 saturated heterocycles. The zero-order valence-electron chi connectivity index (χ0n) is 12.7. The Labute approximate surface area is 136 Å². The number of aromatic amines is 1. The van der Waals surface area contributed by atoms with Crippen LogP contribution in [-0.2, 0) is 0 Å². The van der Waals surface area contributed by atoms with E-state index in [2.05, 4.69) is 20.6 Å². The maximum atomic E-state index is 12.2. The van der Waals surface area contributed by atoms with Crippen molar-refractivity contribution < 1.29 is 9.59 Å². The van der Waals surface area contributed by atoms with Crippen LogP contribution in [-0.4, -0.2) is 27.8 Å². The van der Waals surface area contributed by atoms with Crippen molar-refractivity contribution in [3.05, 3.63) is 46.4 Å². The Morgan fingerprint density at radius 3 is 2.83 bits per heavy atom. The third-order valence-electron chi connectivity index (χ3n) is 3.20. The first-order valence-electron chi connectivity index (χ1n) is 7.17. The van der Waals surface area contributed by atoms with E-state index in [4.69, 9.17) is 0 Å². The van der Waals surface area contributed by atoms with Crippen LogP contribution in [0, 0.1) is 0 Å². The highest BCUT2D eigenvalue weighted by Gasteiger charge is 2.15. The number of fused-ring (bicyclic) bond motifs is 1. The van der Waals surface area contributed by atoms with Gasteiger partial charge in [0.25, 0.3) is 11.8 Å². The van der Waals surface area contributed by atoms with Gasteiger partial charge in [-0.25, -0.2) is 4.98 Å². The van der Waals surface area contributed by atoms with Gasteiger partial charge in [-0.1, -0.05) is 6.07 Å². The number of hydrogen-bond acceptors (Lipinski definition) is 4. The van der Waals surface area contributed by atoms with Crippen molar-refractivity contribution in [1.82, 2.24) is 15.3 Å². The Bertz CT molecular complexity index is 852. The van der Waals surface area contributed by atoms with Crippen molar-refractivity contribution in [3.8, 4) is 0 Å². The first kappa shape index (κ1) is 15.2. The monoisotopic (exact) mass is 328 g/mol. The molecule has 0 atom stereocenters. The lowest BCUT2D eigenvalue weighted by Gasteiger charge is -2.07. The molecule has 7 heteroatoms. The number of rotatable bonds is 4. The van der Waals surface area contributed by atoms with Gasteiger partial charge in [-0.05, 0) is 31.4 Å². The smallest absolute Gasteiger partial charge is 0.265 e. The van der Waals surface area contributed by atoms with Crippen molar-refractivity contribution in [1.29, 1.82) is 0 Å². The van der Waals surface area contributed by atoms with Crippen LogP contribution in [0.2, 0.25) is 0 Å². The van der Waals surface area contributed by atoms with Crippen LogP contribution in [0.1, 0.15) is 33.9 Å². The van der Waals surface area contributed by atoms with E-state index in [0.29, 0.717) is 27.2 Å². The third kappa shape index (κ3) is 3.24. The van der Waals surface area contributed by atoms with Crippen molar-refractivity contribution in [2.75, 3.05) is 5.32 Å². The summed E-state index contributed by atoms with van der Waals surface area (Å²) in [5.74, 6) is -0.361. The van der Waals surface area contributed by atoms with Crippen LogP contribution in [0.5, 0.6) is 0 Å². The Morgan fingerprint density at radius 2 is 2.13 bits per heavy atom. The summed E-state index contributed by atoms with van der Waals surface area (Å²) in [6, 6.07) is 5.37. The highest BCUT2D eigenvalue weighted by molar-refractivity contribution is 7.12. The van der Waals surface area contributed by atoms with Gasteiger partial charge in [-0.15, -0.1) is 11.3 Å². The number of anilines is 1. The maximum Gasteiger partial charge on any atom is 0.265 e. The lowest BCUT2D eigenvalue weighted by Crippen LogP contribution is -2.29. The van der Waals surface area contributed by atoms with Gasteiger partial charge in [-0.3, -0.25) is 9.59 Å². The maximum absolute atomic E-state index is 12.2. The molecule has 23 heavy (non-hydrogen) atoms. The van der Waals surface area contributed by atoms with Crippen LogP contribution in [0.25, 0.3) is 11.0 Å². The molecule has 0 fully saturated rings. The van der Waals surface area contributed by atoms with Crippen molar-refractivity contribution >= 4 is 39.9 Å². The Balaban J connectivity index is 1.88. The summed E-state index contributed by atoms with van der Waals surface area (Å²) < 4.78 is 0. The van der Waals surface area contributed by atoms with Crippen molar-refractivity contribution in [3.63, 3.8) is 0 Å². The Kier molecular flexibility index (Phi) is 4.12. The molecule has 3 N–H and O–H groups in total. The number of pyridine rings is 1. The molecule has 0 aliphatic rings. The molecular weight excluding hydrogens is 312 g/mol. The summed E-state index contributed by atoms with van der Waals surface area (Å²) in [5.41, 5.74) is 1.66. The van der Waals surface area contributed by atoms with Gasteiger partial charge in [0.05, 0.1) is 22.3 Å². The topological polar surface area (TPSA) is 86.9 Å². The van der Waals surface area contributed by atoms with Crippen LogP contribution in [0.3, 0.4) is 0 Å². The average Bonchev–Trinajstić information content (AvgIpc) is 3.15. The number of thiophene rings is 1. The molecule has 3 aromatic rings. The molecule has 0 bridgehead atoms. The molecule has 0 unspecified atom stereocenters. The predicted octanol–water partition coefficient (Wildman–Crippen LogP) is 3.01. The number of carbonyl (C=O) groups excluding carboxylic acids is 2. The highest BCUT2D eigenvalue weighted by Crippen LogP contribution is 2.21. The van der Waals surface area contributed by atoms with Crippen LogP contribution >= 0.6 is 11.3 Å². The molecule has 3 rings (SSSR count). The van der Waals surface area contributed by atoms with Crippen LogP contribution in [0.15, 0.2) is 36.0 Å². The number of nitrogens with zero attached hydrogens (tertiary/aromatic N) is 1. The SMILES string of the molecule is CC(C)NC(=O)c1c[nH]c2ncc(NC(=O)c3cccs3)cc12. The van der Waals surface area contributed by atoms with E-state index in [9.17, 15) is 9.59 Å². The molecule has 0 radical (unpaired) electrons. The summed E-state index contributed by atoms with van der Waals surface area (Å²) in [6.07, 6.45) is 3.19. The predicted molar refractivity (Wildman–Crippen MR) is 91.0 cm³/mol. The molecular formula is C16H16N4O2S. The second-order valence-corrected chi connectivity index (χ2v) is 6.33. The van der Waals surface area contributed by atoms with Gasteiger partial charge in [0.15, 0.2) is 0 Å².